The number of halogens is 2. The third-order valence-electron chi connectivity index (χ3n) is 5.12. The average Bonchev–Trinajstić information content (AvgIpc) is 2.79. The molecule has 10 heteroatoms. The molecular weight excluding hydrogens is 438 g/mol. The van der Waals surface area contributed by atoms with E-state index in [1.807, 2.05) is 4.90 Å². The lowest BCUT2D eigenvalue weighted by atomic mass is 10.2. The highest BCUT2D eigenvalue weighted by Crippen LogP contribution is 2.21. The maximum atomic E-state index is 14.0. The lowest BCUT2D eigenvalue weighted by Gasteiger charge is -2.36. The first kappa shape index (κ1) is 21.7. The van der Waals surface area contributed by atoms with Crippen LogP contribution in [0.25, 0.3) is 0 Å². The normalized spacial score (nSPS) is 14.3. The van der Waals surface area contributed by atoms with Gasteiger partial charge in [0.05, 0.1) is 16.3 Å². The van der Waals surface area contributed by atoms with Gasteiger partial charge in [0.1, 0.15) is 17.3 Å². The highest BCUT2D eigenvalue weighted by Gasteiger charge is 2.25. The van der Waals surface area contributed by atoms with E-state index >= 15 is 0 Å². The van der Waals surface area contributed by atoms with Crippen LogP contribution in [0.4, 0.5) is 20.2 Å². The molecule has 2 heterocycles. The highest BCUT2D eigenvalue weighted by molar-refractivity contribution is 7.92. The molecule has 0 radical (unpaired) electrons. The van der Waals surface area contributed by atoms with Gasteiger partial charge in [-0.05, 0) is 48.5 Å². The van der Waals surface area contributed by atoms with Crippen LogP contribution in [0.3, 0.4) is 0 Å². The van der Waals surface area contributed by atoms with Crippen molar-refractivity contribution in [1.29, 1.82) is 0 Å². The van der Waals surface area contributed by atoms with Crippen molar-refractivity contribution in [3.8, 4) is 0 Å². The molecule has 1 aliphatic heterocycles. The van der Waals surface area contributed by atoms with E-state index in [1.165, 1.54) is 24.4 Å². The fraction of sp³-hybridized carbons (Fsp3) is 0.182. The molecule has 7 nitrogen and oxygen atoms in total. The van der Waals surface area contributed by atoms with Gasteiger partial charge in [0, 0.05) is 32.4 Å². The van der Waals surface area contributed by atoms with Crippen molar-refractivity contribution in [2.24, 2.45) is 0 Å². The van der Waals surface area contributed by atoms with E-state index in [0.29, 0.717) is 31.9 Å². The Morgan fingerprint density at radius 1 is 0.938 bits per heavy atom. The van der Waals surface area contributed by atoms with Gasteiger partial charge in [0.15, 0.2) is 0 Å². The molecule has 2 aromatic carbocycles. The van der Waals surface area contributed by atoms with E-state index in [2.05, 4.69) is 9.71 Å². The molecule has 1 N–H and O–H groups in total. The van der Waals surface area contributed by atoms with Crippen LogP contribution in [0.5, 0.6) is 0 Å². The number of carbonyl (C=O) groups is 1. The number of sulfonamides is 1. The molecule has 0 bridgehead atoms. The number of anilines is 2. The maximum Gasteiger partial charge on any atom is 0.272 e. The van der Waals surface area contributed by atoms with Crippen molar-refractivity contribution in [2.75, 3.05) is 35.8 Å². The Balaban J connectivity index is 1.44. The summed E-state index contributed by atoms with van der Waals surface area (Å²) >= 11 is 0. The first-order valence-corrected chi connectivity index (χ1v) is 11.3. The van der Waals surface area contributed by atoms with Crippen molar-refractivity contribution in [2.45, 2.75) is 4.90 Å². The zero-order valence-corrected chi connectivity index (χ0v) is 17.7. The SMILES string of the molecule is O=C(c1cc(NS(=O)(=O)c2ccc(F)cc2)ccn1)N1CCN(c2ccccc2F)CC1. The molecular formula is C22H20F2N4O3S. The minimum absolute atomic E-state index is 0.0867. The summed E-state index contributed by atoms with van der Waals surface area (Å²) < 4.78 is 54.5. The van der Waals surface area contributed by atoms with Crippen molar-refractivity contribution >= 4 is 27.3 Å². The number of nitrogens with zero attached hydrogens (tertiary/aromatic N) is 3. The number of pyridine rings is 1. The largest absolute Gasteiger partial charge is 0.366 e. The molecule has 1 saturated heterocycles. The number of hydrogen-bond donors (Lipinski definition) is 1. The summed E-state index contributed by atoms with van der Waals surface area (Å²) in [5, 5.41) is 0. The van der Waals surface area contributed by atoms with Gasteiger partial charge in [-0.15, -0.1) is 0 Å². The summed E-state index contributed by atoms with van der Waals surface area (Å²) in [6.07, 6.45) is 1.34. The molecule has 0 spiro atoms. The first-order chi connectivity index (χ1) is 15.3. The topological polar surface area (TPSA) is 82.6 Å². The predicted octanol–water partition coefficient (Wildman–Crippen LogP) is 3.12. The summed E-state index contributed by atoms with van der Waals surface area (Å²) in [5.74, 6) is -1.20. The average molecular weight is 458 g/mol. The highest BCUT2D eigenvalue weighted by atomic mass is 32.2. The van der Waals surface area contributed by atoms with Crippen molar-refractivity contribution < 1.29 is 22.0 Å². The van der Waals surface area contributed by atoms with Crippen LogP contribution in [0.1, 0.15) is 10.5 Å². The zero-order chi connectivity index (χ0) is 22.7. The number of hydrogen-bond acceptors (Lipinski definition) is 5. The van der Waals surface area contributed by atoms with E-state index < -0.39 is 15.8 Å². The van der Waals surface area contributed by atoms with Crippen molar-refractivity contribution in [1.82, 2.24) is 9.88 Å². The quantitative estimate of drug-likeness (QED) is 0.635. The second-order valence-corrected chi connectivity index (χ2v) is 8.90. The van der Waals surface area contributed by atoms with E-state index in [1.54, 1.807) is 23.1 Å². The van der Waals surface area contributed by atoms with Crippen LogP contribution < -0.4 is 9.62 Å². The lowest BCUT2D eigenvalue weighted by molar-refractivity contribution is 0.0740. The van der Waals surface area contributed by atoms with Crippen molar-refractivity contribution in [3.05, 3.63) is 84.2 Å². The third kappa shape index (κ3) is 4.70. The number of piperazine rings is 1. The molecule has 166 valence electrons. The number of aromatic nitrogens is 1. The van der Waals surface area contributed by atoms with E-state index in [0.717, 1.165) is 24.3 Å². The van der Waals surface area contributed by atoms with Crippen LogP contribution in [0.2, 0.25) is 0 Å². The second-order valence-electron chi connectivity index (χ2n) is 7.22. The summed E-state index contributed by atoms with van der Waals surface area (Å²) in [5.41, 5.74) is 0.747. The standard InChI is InChI=1S/C22H20F2N4O3S/c23-16-5-7-18(8-6-16)32(30,31)26-17-9-10-25-20(15-17)22(29)28-13-11-27(12-14-28)21-4-2-1-3-19(21)24/h1-10,15H,11-14H2,(H,25,26). The van der Waals surface area contributed by atoms with Crippen LogP contribution in [0, 0.1) is 11.6 Å². The third-order valence-corrected chi connectivity index (χ3v) is 6.51. The van der Waals surface area contributed by atoms with Gasteiger partial charge in [-0.1, -0.05) is 12.1 Å². The van der Waals surface area contributed by atoms with Crippen LogP contribution in [-0.4, -0.2) is 50.4 Å². The van der Waals surface area contributed by atoms with E-state index in [-0.39, 0.29) is 28.0 Å². The van der Waals surface area contributed by atoms with E-state index in [4.69, 9.17) is 0 Å². The van der Waals surface area contributed by atoms with Gasteiger partial charge in [0.2, 0.25) is 0 Å². The molecule has 0 aliphatic carbocycles. The number of benzene rings is 2. The molecule has 1 amide bonds. The molecule has 1 aromatic heterocycles. The Bertz CT molecular complexity index is 1230. The number of rotatable bonds is 5. The van der Waals surface area contributed by atoms with Gasteiger partial charge in [0.25, 0.3) is 15.9 Å². The fourth-order valence-electron chi connectivity index (χ4n) is 3.46. The minimum Gasteiger partial charge on any atom is -0.366 e. The van der Waals surface area contributed by atoms with Gasteiger partial charge < -0.3 is 9.80 Å². The van der Waals surface area contributed by atoms with Gasteiger partial charge in [-0.3, -0.25) is 14.5 Å². The number of amides is 1. The van der Waals surface area contributed by atoms with Crippen molar-refractivity contribution in [3.63, 3.8) is 0 Å². The zero-order valence-electron chi connectivity index (χ0n) is 16.9. The maximum absolute atomic E-state index is 14.0. The smallest absolute Gasteiger partial charge is 0.272 e. The monoisotopic (exact) mass is 458 g/mol. The fourth-order valence-corrected chi connectivity index (χ4v) is 4.51. The summed E-state index contributed by atoms with van der Waals surface area (Å²) in [7, 11) is -3.95. The Morgan fingerprint density at radius 2 is 1.62 bits per heavy atom. The number of carbonyl (C=O) groups excluding carboxylic acids is 1. The lowest BCUT2D eigenvalue weighted by Crippen LogP contribution is -2.49. The van der Waals surface area contributed by atoms with Crippen LogP contribution >= 0.6 is 0 Å². The molecule has 0 saturated carbocycles. The Labute approximate surface area is 184 Å². The van der Waals surface area contributed by atoms with Crippen LogP contribution in [0.15, 0.2) is 71.8 Å². The molecule has 4 rings (SSSR count). The van der Waals surface area contributed by atoms with E-state index in [9.17, 15) is 22.0 Å². The Kier molecular flexibility index (Phi) is 6.04. The van der Waals surface area contributed by atoms with Gasteiger partial charge in [-0.2, -0.15) is 0 Å². The molecule has 0 atom stereocenters. The predicted molar refractivity (Wildman–Crippen MR) is 116 cm³/mol. The molecule has 32 heavy (non-hydrogen) atoms. The summed E-state index contributed by atoms with van der Waals surface area (Å²) in [6.45, 7) is 1.67. The summed E-state index contributed by atoms with van der Waals surface area (Å²) in [4.78, 5) is 20.3. The number of para-hydroxylation sites is 1. The molecule has 0 unspecified atom stereocenters. The molecule has 1 aliphatic rings. The Hall–Kier alpha value is -3.53. The number of nitrogens with one attached hydrogen (secondary N) is 1. The minimum atomic E-state index is -3.95. The van der Waals surface area contributed by atoms with Gasteiger partial charge >= 0.3 is 0 Å². The molecule has 1 fully saturated rings. The summed E-state index contributed by atoms with van der Waals surface area (Å²) in [6, 6.07) is 13.7. The second kappa shape index (κ2) is 8.91. The van der Waals surface area contributed by atoms with Crippen LogP contribution in [-0.2, 0) is 10.0 Å². The first-order valence-electron chi connectivity index (χ1n) is 9.87. The molecule has 3 aromatic rings. The van der Waals surface area contributed by atoms with Gasteiger partial charge in [-0.25, -0.2) is 17.2 Å². The Morgan fingerprint density at radius 3 is 2.31 bits per heavy atom.